The first kappa shape index (κ1) is 15.6. The van der Waals surface area contributed by atoms with Gasteiger partial charge in [-0.1, -0.05) is 6.07 Å². The lowest BCUT2D eigenvalue weighted by molar-refractivity contribution is 0.0971. The van der Waals surface area contributed by atoms with E-state index in [9.17, 15) is 9.59 Å². The summed E-state index contributed by atoms with van der Waals surface area (Å²) in [7, 11) is 0. The molecular weight excluding hydrogens is 310 g/mol. The fraction of sp³-hybridized carbons (Fsp3) is 0.294. The van der Waals surface area contributed by atoms with Crippen LogP contribution < -0.4 is 15.5 Å². The van der Waals surface area contributed by atoms with Gasteiger partial charge in [-0.05, 0) is 55.0 Å². The van der Waals surface area contributed by atoms with Gasteiger partial charge in [0.1, 0.15) is 0 Å². The van der Waals surface area contributed by atoms with Crippen LogP contribution >= 0.6 is 11.3 Å². The van der Waals surface area contributed by atoms with E-state index in [0.717, 1.165) is 13.1 Å². The molecule has 1 fully saturated rings. The van der Waals surface area contributed by atoms with Gasteiger partial charge in [-0.2, -0.15) is 0 Å². The predicted molar refractivity (Wildman–Crippen MR) is 93.3 cm³/mol. The number of hydrogen-bond acceptors (Lipinski definition) is 4. The van der Waals surface area contributed by atoms with Crippen molar-refractivity contribution in [3.05, 3.63) is 46.7 Å². The van der Waals surface area contributed by atoms with Crippen molar-refractivity contribution in [2.24, 2.45) is 0 Å². The molecule has 5 nitrogen and oxygen atoms in total. The van der Waals surface area contributed by atoms with E-state index < -0.39 is 6.03 Å². The minimum atomic E-state index is -0.519. The smallest absolute Gasteiger partial charge is 0.326 e. The highest BCUT2D eigenvalue weighted by Gasteiger charge is 2.12. The minimum absolute atomic E-state index is 0.387. The summed E-state index contributed by atoms with van der Waals surface area (Å²) >= 11 is 1.30. The number of thiophene rings is 1. The number of hydrogen-bond donors (Lipinski definition) is 2. The summed E-state index contributed by atoms with van der Waals surface area (Å²) in [6, 6.07) is 10.7. The number of carbonyl (C=O) groups excluding carboxylic acids is 2. The Kier molecular flexibility index (Phi) is 4.92. The SMILES string of the molecule is O=C(NC(=O)c1cccs1)Nc1ccc(N2CCCCC2)cc1. The number of piperidine rings is 1. The highest BCUT2D eigenvalue weighted by molar-refractivity contribution is 7.12. The molecule has 1 aliphatic rings. The molecule has 1 saturated heterocycles. The first-order chi connectivity index (χ1) is 11.2. The van der Waals surface area contributed by atoms with Gasteiger partial charge in [0.25, 0.3) is 5.91 Å². The molecule has 0 unspecified atom stereocenters. The monoisotopic (exact) mass is 329 g/mol. The molecule has 120 valence electrons. The molecule has 3 rings (SSSR count). The van der Waals surface area contributed by atoms with E-state index in [4.69, 9.17) is 0 Å². The molecular formula is C17H19N3O2S. The van der Waals surface area contributed by atoms with Crippen LogP contribution in [0, 0.1) is 0 Å². The van der Waals surface area contributed by atoms with E-state index in [1.165, 1.54) is 36.3 Å². The van der Waals surface area contributed by atoms with Crippen LogP contribution in [0.2, 0.25) is 0 Å². The number of urea groups is 1. The Hall–Kier alpha value is -2.34. The lowest BCUT2D eigenvalue weighted by Gasteiger charge is -2.28. The molecule has 0 saturated carbocycles. The lowest BCUT2D eigenvalue weighted by atomic mass is 10.1. The van der Waals surface area contributed by atoms with Gasteiger partial charge >= 0.3 is 6.03 Å². The molecule has 1 aliphatic heterocycles. The van der Waals surface area contributed by atoms with Crippen LogP contribution in [0.4, 0.5) is 16.2 Å². The molecule has 0 atom stereocenters. The average molecular weight is 329 g/mol. The summed E-state index contributed by atoms with van der Waals surface area (Å²) in [4.78, 5) is 26.5. The second-order valence-corrected chi connectivity index (χ2v) is 6.43. The highest BCUT2D eigenvalue weighted by Crippen LogP contribution is 2.21. The van der Waals surface area contributed by atoms with Crippen LogP contribution in [0.15, 0.2) is 41.8 Å². The number of carbonyl (C=O) groups is 2. The summed E-state index contributed by atoms with van der Waals surface area (Å²) in [5.41, 5.74) is 1.84. The third kappa shape index (κ3) is 4.10. The fourth-order valence-corrected chi connectivity index (χ4v) is 3.26. The Labute approximate surface area is 139 Å². The van der Waals surface area contributed by atoms with Crippen LogP contribution in [0.3, 0.4) is 0 Å². The lowest BCUT2D eigenvalue weighted by Crippen LogP contribution is -2.33. The number of imide groups is 1. The Bertz CT molecular complexity index is 662. The van der Waals surface area contributed by atoms with Crippen LogP contribution in [0.5, 0.6) is 0 Å². The van der Waals surface area contributed by atoms with E-state index in [2.05, 4.69) is 15.5 Å². The molecule has 6 heteroatoms. The average Bonchev–Trinajstić information content (AvgIpc) is 3.11. The number of anilines is 2. The maximum absolute atomic E-state index is 11.9. The van der Waals surface area contributed by atoms with Gasteiger partial charge in [0.05, 0.1) is 4.88 Å². The minimum Gasteiger partial charge on any atom is -0.372 e. The van der Waals surface area contributed by atoms with E-state index in [-0.39, 0.29) is 5.91 Å². The standard InChI is InChI=1S/C17H19N3O2S/c21-16(15-5-4-12-23-15)19-17(22)18-13-6-8-14(9-7-13)20-10-2-1-3-11-20/h4-9,12H,1-3,10-11H2,(H2,18,19,21,22). The zero-order valence-corrected chi connectivity index (χ0v) is 13.6. The van der Waals surface area contributed by atoms with Crippen LogP contribution in [0.1, 0.15) is 28.9 Å². The van der Waals surface area contributed by atoms with Crippen molar-refractivity contribution in [3.8, 4) is 0 Å². The van der Waals surface area contributed by atoms with Gasteiger partial charge in [-0.15, -0.1) is 11.3 Å². The fourth-order valence-electron chi connectivity index (χ4n) is 2.64. The summed E-state index contributed by atoms with van der Waals surface area (Å²) in [6.45, 7) is 2.17. The molecule has 2 heterocycles. The third-order valence-corrected chi connectivity index (χ3v) is 4.69. The maximum Gasteiger partial charge on any atom is 0.326 e. The first-order valence-electron chi connectivity index (χ1n) is 7.73. The summed E-state index contributed by atoms with van der Waals surface area (Å²) < 4.78 is 0. The zero-order chi connectivity index (χ0) is 16.1. The predicted octanol–water partition coefficient (Wildman–Crippen LogP) is 3.70. The van der Waals surface area contributed by atoms with Crippen molar-refractivity contribution in [3.63, 3.8) is 0 Å². The van der Waals surface area contributed by atoms with E-state index in [1.807, 2.05) is 24.3 Å². The van der Waals surface area contributed by atoms with Crippen molar-refractivity contribution in [2.45, 2.75) is 19.3 Å². The molecule has 0 radical (unpaired) electrons. The molecule has 0 bridgehead atoms. The Morgan fingerprint density at radius 1 is 1.00 bits per heavy atom. The van der Waals surface area contributed by atoms with Crippen LogP contribution in [-0.4, -0.2) is 25.0 Å². The quantitative estimate of drug-likeness (QED) is 0.902. The van der Waals surface area contributed by atoms with Gasteiger partial charge in [-0.3, -0.25) is 10.1 Å². The van der Waals surface area contributed by atoms with Gasteiger partial charge in [0.15, 0.2) is 0 Å². The molecule has 2 N–H and O–H groups in total. The molecule has 23 heavy (non-hydrogen) atoms. The molecule has 0 aliphatic carbocycles. The summed E-state index contributed by atoms with van der Waals surface area (Å²) in [5.74, 6) is -0.387. The molecule has 1 aromatic carbocycles. The molecule has 1 aromatic heterocycles. The first-order valence-corrected chi connectivity index (χ1v) is 8.61. The Morgan fingerprint density at radius 2 is 1.74 bits per heavy atom. The molecule has 3 amide bonds. The number of nitrogens with zero attached hydrogens (tertiary/aromatic N) is 1. The van der Waals surface area contributed by atoms with Gasteiger partial charge < -0.3 is 10.2 Å². The van der Waals surface area contributed by atoms with Gasteiger partial charge in [0.2, 0.25) is 0 Å². The zero-order valence-electron chi connectivity index (χ0n) is 12.7. The molecule has 0 spiro atoms. The van der Waals surface area contributed by atoms with Crippen molar-refractivity contribution >= 4 is 34.6 Å². The Balaban J connectivity index is 1.55. The number of nitrogens with one attached hydrogen (secondary N) is 2. The van der Waals surface area contributed by atoms with Crippen molar-refractivity contribution in [1.29, 1.82) is 0 Å². The number of rotatable bonds is 3. The number of benzene rings is 1. The second kappa shape index (κ2) is 7.28. The van der Waals surface area contributed by atoms with Crippen molar-refractivity contribution in [2.75, 3.05) is 23.3 Å². The molecule has 2 aromatic rings. The Morgan fingerprint density at radius 3 is 2.39 bits per heavy atom. The van der Waals surface area contributed by atoms with E-state index in [0.29, 0.717) is 10.6 Å². The largest absolute Gasteiger partial charge is 0.372 e. The van der Waals surface area contributed by atoms with Gasteiger partial charge in [0, 0.05) is 24.5 Å². The summed E-state index contributed by atoms with van der Waals surface area (Å²) in [6.07, 6.45) is 3.76. The highest BCUT2D eigenvalue weighted by atomic mass is 32.1. The van der Waals surface area contributed by atoms with Crippen molar-refractivity contribution < 1.29 is 9.59 Å². The number of amides is 3. The van der Waals surface area contributed by atoms with Crippen LogP contribution in [-0.2, 0) is 0 Å². The second-order valence-electron chi connectivity index (χ2n) is 5.48. The normalized spacial score (nSPS) is 14.3. The van der Waals surface area contributed by atoms with Crippen molar-refractivity contribution in [1.82, 2.24) is 5.32 Å². The van der Waals surface area contributed by atoms with Gasteiger partial charge in [-0.25, -0.2) is 4.79 Å². The van der Waals surface area contributed by atoms with E-state index >= 15 is 0 Å². The third-order valence-electron chi connectivity index (χ3n) is 3.82. The topological polar surface area (TPSA) is 61.4 Å². The summed E-state index contributed by atoms with van der Waals surface area (Å²) in [5, 5.41) is 6.80. The maximum atomic E-state index is 11.9. The van der Waals surface area contributed by atoms with Crippen LogP contribution in [0.25, 0.3) is 0 Å². The van der Waals surface area contributed by atoms with E-state index in [1.54, 1.807) is 17.5 Å².